The molecule has 1 saturated heterocycles. The molecule has 0 amide bonds. The first kappa shape index (κ1) is 14.5. The van der Waals surface area contributed by atoms with E-state index in [1.165, 1.54) is 25.9 Å². The number of aromatic amines is 1. The maximum absolute atomic E-state index is 5.45. The molecule has 3 heterocycles. The van der Waals surface area contributed by atoms with Crippen molar-refractivity contribution in [2.75, 3.05) is 26.7 Å². The molecule has 1 aliphatic rings. The largest absolute Gasteiger partial charge is 0.481 e. The fourth-order valence-electron chi connectivity index (χ4n) is 3.07. The summed E-state index contributed by atoms with van der Waals surface area (Å²) in [5, 5.41) is 0. The highest BCUT2D eigenvalue weighted by molar-refractivity contribution is 7.71. The lowest BCUT2D eigenvalue weighted by atomic mass is 10.1. The second-order valence-electron chi connectivity index (χ2n) is 5.88. The Morgan fingerprint density at radius 2 is 2.10 bits per heavy atom. The third kappa shape index (κ3) is 3.11. The molecule has 5 nitrogen and oxygen atoms in total. The maximum Gasteiger partial charge on any atom is 0.215 e. The number of aromatic nitrogens is 3. The van der Waals surface area contributed by atoms with Gasteiger partial charge in [0.05, 0.1) is 12.6 Å². The summed E-state index contributed by atoms with van der Waals surface area (Å²) in [6, 6.07) is 3.82. The SMILES string of the molecule is COc1ccc2[nH]c(=S)n(CC(C)CN3CCCC3)c2n1. The topological polar surface area (TPSA) is 46.1 Å². The van der Waals surface area contributed by atoms with E-state index in [9.17, 15) is 0 Å². The van der Waals surface area contributed by atoms with Gasteiger partial charge in [-0.25, -0.2) is 0 Å². The Labute approximate surface area is 129 Å². The number of likely N-dealkylation sites (tertiary alicyclic amines) is 1. The molecule has 1 fully saturated rings. The van der Waals surface area contributed by atoms with Gasteiger partial charge in [0.25, 0.3) is 0 Å². The zero-order valence-electron chi connectivity index (χ0n) is 12.6. The molecule has 0 saturated carbocycles. The molecule has 6 heteroatoms. The molecule has 0 aromatic carbocycles. The van der Waals surface area contributed by atoms with Gasteiger partial charge >= 0.3 is 0 Å². The lowest BCUT2D eigenvalue weighted by Gasteiger charge is -2.20. The van der Waals surface area contributed by atoms with Crippen LogP contribution in [0.3, 0.4) is 0 Å². The Morgan fingerprint density at radius 1 is 1.33 bits per heavy atom. The number of fused-ring (bicyclic) bond motifs is 1. The standard InChI is InChI=1S/C15H22N4OS/c1-11(9-18-7-3-4-8-18)10-19-14-12(16-15(19)21)5-6-13(17-14)20-2/h5-6,11H,3-4,7-10H2,1-2H3,(H,16,21). The molecule has 114 valence electrons. The predicted molar refractivity (Wildman–Crippen MR) is 86.3 cm³/mol. The summed E-state index contributed by atoms with van der Waals surface area (Å²) in [6.45, 7) is 6.75. The quantitative estimate of drug-likeness (QED) is 0.863. The zero-order valence-corrected chi connectivity index (χ0v) is 13.4. The number of hydrogen-bond donors (Lipinski definition) is 1. The summed E-state index contributed by atoms with van der Waals surface area (Å²) in [5.74, 6) is 1.17. The molecule has 0 radical (unpaired) electrons. The van der Waals surface area contributed by atoms with E-state index in [1.54, 1.807) is 7.11 Å². The molecule has 0 bridgehead atoms. The third-order valence-electron chi connectivity index (χ3n) is 4.06. The molecule has 2 aromatic rings. The van der Waals surface area contributed by atoms with Crippen LogP contribution in [0.25, 0.3) is 11.2 Å². The van der Waals surface area contributed by atoms with Crippen molar-refractivity contribution in [1.29, 1.82) is 0 Å². The van der Waals surface area contributed by atoms with Gasteiger partial charge in [0.2, 0.25) is 5.88 Å². The van der Waals surface area contributed by atoms with Crippen molar-refractivity contribution in [3.8, 4) is 5.88 Å². The number of ether oxygens (including phenoxy) is 1. The minimum Gasteiger partial charge on any atom is -0.481 e. The van der Waals surface area contributed by atoms with Crippen LogP contribution in [0.2, 0.25) is 0 Å². The van der Waals surface area contributed by atoms with Gasteiger partial charge in [-0.1, -0.05) is 6.92 Å². The van der Waals surface area contributed by atoms with E-state index in [0.717, 1.165) is 29.0 Å². The van der Waals surface area contributed by atoms with Crippen molar-refractivity contribution in [3.63, 3.8) is 0 Å². The Hall–Kier alpha value is -1.40. The van der Waals surface area contributed by atoms with Crippen LogP contribution < -0.4 is 4.74 Å². The zero-order chi connectivity index (χ0) is 14.8. The van der Waals surface area contributed by atoms with E-state index >= 15 is 0 Å². The van der Waals surface area contributed by atoms with E-state index in [0.29, 0.717) is 11.8 Å². The second kappa shape index (κ2) is 6.15. The summed E-state index contributed by atoms with van der Waals surface area (Å²) in [7, 11) is 1.63. The summed E-state index contributed by atoms with van der Waals surface area (Å²) >= 11 is 5.45. The van der Waals surface area contributed by atoms with Crippen LogP contribution in [0.1, 0.15) is 19.8 Å². The molecule has 1 N–H and O–H groups in total. The first-order chi connectivity index (χ1) is 10.2. The van der Waals surface area contributed by atoms with Crippen LogP contribution in [0, 0.1) is 10.7 Å². The molecular weight excluding hydrogens is 284 g/mol. The Bertz CT molecular complexity index is 672. The fourth-order valence-corrected chi connectivity index (χ4v) is 3.34. The highest BCUT2D eigenvalue weighted by Gasteiger charge is 2.16. The minimum atomic E-state index is 0.543. The number of nitrogens with one attached hydrogen (secondary N) is 1. The van der Waals surface area contributed by atoms with Crippen LogP contribution in [0.5, 0.6) is 5.88 Å². The van der Waals surface area contributed by atoms with Gasteiger partial charge in [0.1, 0.15) is 0 Å². The van der Waals surface area contributed by atoms with Gasteiger partial charge in [0, 0.05) is 19.2 Å². The number of hydrogen-bond acceptors (Lipinski definition) is 4. The molecular formula is C15H22N4OS. The molecule has 3 rings (SSSR count). The van der Waals surface area contributed by atoms with Gasteiger partial charge in [-0.05, 0) is 50.1 Å². The molecule has 0 aliphatic carbocycles. The predicted octanol–water partition coefficient (Wildman–Crippen LogP) is 2.83. The van der Waals surface area contributed by atoms with E-state index < -0.39 is 0 Å². The molecule has 0 spiro atoms. The van der Waals surface area contributed by atoms with Crippen molar-refractivity contribution in [2.24, 2.45) is 5.92 Å². The number of imidazole rings is 1. The van der Waals surface area contributed by atoms with Crippen molar-refractivity contribution < 1.29 is 4.74 Å². The van der Waals surface area contributed by atoms with Crippen LogP contribution in [-0.4, -0.2) is 46.2 Å². The summed E-state index contributed by atoms with van der Waals surface area (Å²) < 4.78 is 8.04. The molecule has 1 atom stereocenters. The molecule has 2 aromatic heterocycles. The number of pyridine rings is 1. The fraction of sp³-hybridized carbons (Fsp3) is 0.600. The van der Waals surface area contributed by atoms with Crippen molar-refractivity contribution in [3.05, 3.63) is 16.9 Å². The van der Waals surface area contributed by atoms with Crippen molar-refractivity contribution in [2.45, 2.75) is 26.3 Å². The van der Waals surface area contributed by atoms with Crippen LogP contribution >= 0.6 is 12.2 Å². The summed E-state index contributed by atoms with van der Waals surface area (Å²) in [6.07, 6.45) is 2.66. The number of rotatable bonds is 5. The number of H-pyrrole nitrogens is 1. The monoisotopic (exact) mass is 306 g/mol. The molecule has 21 heavy (non-hydrogen) atoms. The second-order valence-corrected chi connectivity index (χ2v) is 6.27. The van der Waals surface area contributed by atoms with Gasteiger partial charge in [-0.3, -0.25) is 0 Å². The average molecular weight is 306 g/mol. The molecule has 1 aliphatic heterocycles. The van der Waals surface area contributed by atoms with E-state index in [1.807, 2.05) is 12.1 Å². The lowest BCUT2D eigenvalue weighted by Crippen LogP contribution is -2.27. The van der Waals surface area contributed by atoms with Gasteiger partial charge in [-0.15, -0.1) is 0 Å². The smallest absolute Gasteiger partial charge is 0.215 e. The van der Waals surface area contributed by atoms with Crippen LogP contribution in [0.4, 0.5) is 0 Å². The first-order valence-electron chi connectivity index (χ1n) is 7.53. The highest BCUT2D eigenvalue weighted by Crippen LogP contribution is 2.18. The average Bonchev–Trinajstić information content (AvgIpc) is 3.07. The van der Waals surface area contributed by atoms with E-state index in [-0.39, 0.29) is 0 Å². The van der Waals surface area contributed by atoms with E-state index in [4.69, 9.17) is 17.0 Å². The van der Waals surface area contributed by atoms with Crippen LogP contribution in [0.15, 0.2) is 12.1 Å². The Morgan fingerprint density at radius 3 is 2.81 bits per heavy atom. The van der Waals surface area contributed by atoms with E-state index in [2.05, 4.69) is 26.4 Å². The first-order valence-corrected chi connectivity index (χ1v) is 7.94. The number of methoxy groups -OCH3 is 1. The Balaban J connectivity index is 1.81. The summed E-state index contributed by atoms with van der Waals surface area (Å²) in [4.78, 5) is 10.3. The molecule has 1 unspecified atom stereocenters. The van der Waals surface area contributed by atoms with Crippen LogP contribution in [-0.2, 0) is 6.54 Å². The van der Waals surface area contributed by atoms with Gasteiger partial charge < -0.3 is 19.2 Å². The van der Waals surface area contributed by atoms with Crippen molar-refractivity contribution in [1.82, 2.24) is 19.4 Å². The summed E-state index contributed by atoms with van der Waals surface area (Å²) in [5.41, 5.74) is 1.85. The minimum absolute atomic E-state index is 0.543. The lowest BCUT2D eigenvalue weighted by molar-refractivity contribution is 0.272. The van der Waals surface area contributed by atoms with Gasteiger partial charge in [0.15, 0.2) is 10.4 Å². The van der Waals surface area contributed by atoms with Gasteiger partial charge in [-0.2, -0.15) is 4.98 Å². The highest BCUT2D eigenvalue weighted by atomic mass is 32.1. The normalized spacial score (nSPS) is 17.4. The number of nitrogens with zero attached hydrogens (tertiary/aromatic N) is 3. The third-order valence-corrected chi connectivity index (χ3v) is 4.39. The van der Waals surface area contributed by atoms with Crippen molar-refractivity contribution >= 4 is 23.4 Å². The Kier molecular flexibility index (Phi) is 4.26. The maximum atomic E-state index is 5.45.